The molecule has 0 atom stereocenters. The molecule has 1 heterocycles. The topological polar surface area (TPSA) is 65.7 Å². The highest BCUT2D eigenvalue weighted by atomic mass is 16.1. The SMILES string of the molecule is O=C(/C=C\c1ccccc1)c1ccc2[nH]c(=O)[nH]c2c1. The number of imidazole rings is 1. The smallest absolute Gasteiger partial charge is 0.306 e. The molecule has 4 nitrogen and oxygen atoms in total. The second-order valence-corrected chi connectivity index (χ2v) is 4.45. The Morgan fingerprint density at radius 2 is 1.70 bits per heavy atom. The third-order valence-electron chi connectivity index (χ3n) is 3.03. The number of allylic oxidation sites excluding steroid dienone is 1. The molecule has 1 aromatic heterocycles. The normalized spacial score (nSPS) is 11.2. The minimum absolute atomic E-state index is 0.0993. The van der Waals surface area contributed by atoms with Crippen LogP contribution in [-0.2, 0) is 0 Å². The van der Waals surface area contributed by atoms with Gasteiger partial charge in [-0.25, -0.2) is 4.79 Å². The van der Waals surface area contributed by atoms with Gasteiger partial charge in [0.25, 0.3) is 0 Å². The zero-order chi connectivity index (χ0) is 13.9. The van der Waals surface area contributed by atoms with Gasteiger partial charge >= 0.3 is 5.69 Å². The van der Waals surface area contributed by atoms with Gasteiger partial charge in [0.15, 0.2) is 5.78 Å². The van der Waals surface area contributed by atoms with E-state index in [4.69, 9.17) is 0 Å². The van der Waals surface area contributed by atoms with Crippen LogP contribution in [0.4, 0.5) is 0 Å². The summed E-state index contributed by atoms with van der Waals surface area (Å²) in [5.74, 6) is -0.0993. The lowest BCUT2D eigenvalue weighted by Gasteiger charge is -1.96. The fraction of sp³-hybridized carbons (Fsp3) is 0. The maximum Gasteiger partial charge on any atom is 0.323 e. The molecule has 2 N–H and O–H groups in total. The molecule has 2 aromatic carbocycles. The van der Waals surface area contributed by atoms with Crippen molar-refractivity contribution in [2.24, 2.45) is 0 Å². The summed E-state index contributed by atoms with van der Waals surface area (Å²) >= 11 is 0. The number of H-pyrrole nitrogens is 2. The van der Waals surface area contributed by atoms with Crippen LogP contribution in [0.25, 0.3) is 17.1 Å². The summed E-state index contributed by atoms with van der Waals surface area (Å²) in [5.41, 5.74) is 2.56. The van der Waals surface area contributed by atoms with Gasteiger partial charge in [-0.15, -0.1) is 0 Å². The van der Waals surface area contributed by atoms with Gasteiger partial charge in [-0.2, -0.15) is 0 Å². The van der Waals surface area contributed by atoms with Gasteiger partial charge in [0.05, 0.1) is 11.0 Å². The first-order valence-corrected chi connectivity index (χ1v) is 6.22. The van der Waals surface area contributed by atoms with Crippen LogP contribution in [0.1, 0.15) is 15.9 Å². The van der Waals surface area contributed by atoms with Gasteiger partial charge in [-0.05, 0) is 29.8 Å². The van der Waals surface area contributed by atoms with Gasteiger partial charge in [0, 0.05) is 5.56 Å². The highest BCUT2D eigenvalue weighted by molar-refractivity contribution is 6.08. The summed E-state index contributed by atoms with van der Waals surface area (Å²) in [7, 11) is 0. The van der Waals surface area contributed by atoms with Crippen LogP contribution >= 0.6 is 0 Å². The number of aromatic nitrogens is 2. The lowest BCUT2D eigenvalue weighted by Crippen LogP contribution is -1.99. The average molecular weight is 264 g/mol. The maximum absolute atomic E-state index is 12.1. The summed E-state index contributed by atoms with van der Waals surface area (Å²) in [4.78, 5) is 28.5. The molecular weight excluding hydrogens is 252 g/mol. The predicted octanol–water partition coefficient (Wildman–Crippen LogP) is 2.75. The van der Waals surface area contributed by atoms with E-state index in [1.807, 2.05) is 30.3 Å². The number of carbonyl (C=O) groups excluding carboxylic acids is 1. The quantitative estimate of drug-likeness (QED) is 0.564. The average Bonchev–Trinajstić information content (AvgIpc) is 2.85. The standard InChI is InChI=1S/C16H12N2O2/c19-15(9-6-11-4-2-1-3-5-11)12-7-8-13-14(10-12)18-16(20)17-13/h1-10H,(H2,17,18,20)/b9-6-. The Morgan fingerprint density at radius 1 is 0.950 bits per heavy atom. The zero-order valence-electron chi connectivity index (χ0n) is 10.6. The van der Waals surface area contributed by atoms with Crippen molar-refractivity contribution in [1.29, 1.82) is 0 Å². The molecule has 0 amide bonds. The third-order valence-corrected chi connectivity index (χ3v) is 3.03. The van der Waals surface area contributed by atoms with Crippen LogP contribution in [0.5, 0.6) is 0 Å². The molecule has 0 aliphatic carbocycles. The predicted molar refractivity (Wildman–Crippen MR) is 78.7 cm³/mol. The van der Waals surface area contributed by atoms with Crippen LogP contribution < -0.4 is 5.69 Å². The van der Waals surface area contributed by atoms with E-state index in [-0.39, 0.29) is 11.5 Å². The molecule has 0 aliphatic heterocycles. The monoisotopic (exact) mass is 264 g/mol. The van der Waals surface area contributed by atoms with E-state index < -0.39 is 0 Å². The number of aromatic amines is 2. The van der Waals surface area contributed by atoms with Crippen LogP contribution in [0.15, 0.2) is 59.4 Å². The zero-order valence-corrected chi connectivity index (χ0v) is 10.6. The van der Waals surface area contributed by atoms with Crippen molar-refractivity contribution in [3.8, 4) is 0 Å². The molecule has 0 saturated heterocycles. The van der Waals surface area contributed by atoms with Gasteiger partial charge < -0.3 is 9.97 Å². The van der Waals surface area contributed by atoms with Crippen molar-refractivity contribution in [2.75, 3.05) is 0 Å². The van der Waals surface area contributed by atoms with Crippen molar-refractivity contribution in [2.45, 2.75) is 0 Å². The lowest BCUT2D eigenvalue weighted by molar-refractivity contribution is 0.104. The fourth-order valence-corrected chi connectivity index (χ4v) is 2.02. The van der Waals surface area contributed by atoms with Crippen molar-refractivity contribution in [3.63, 3.8) is 0 Å². The van der Waals surface area contributed by atoms with Gasteiger partial charge in [-0.3, -0.25) is 4.79 Å². The number of hydrogen-bond acceptors (Lipinski definition) is 2. The highest BCUT2D eigenvalue weighted by Crippen LogP contribution is 2.12. The number of benzene rings is 2. The number of carbonyl (C=O) groups is 1. The number of nitrogens with one attached hydrogen (secondary N) is 2. The Labute approximate surface area is 114 Å². The van der Waals surface area contributed by atoms with Crippen molar-refractivity contribution in [3.05, 3.63) is 76.2 Å². The summed E-state index contributed by atoms with van der Waals surface area (Å²) in [6, 6.07) is 14.7. The maximum atomic E-state index is 12.1. The molecule has 0 spiro atoms. The van der Waals surface area contributed by atoms with Crippen LogP contribution in [0.3, 0.4) is 0 Å². The van der Waals surface area contributed by atoms with E-state index >= 15 is 0 Å². The Balaban J connectivity index is 1.88. The molecule has 98 valence electrons. The molecule has 3 aromatic rings. The first kappa shape index (κ1) is 12.2. The minimum atomic E-state index is -0.274. The van der Waals surface area contributed by atoms with Gasteiger partial charge in [-0.1, -0.05) is 36.4 Å². The summed E-state index contributed by atoms with van der Waals surface area (Å²) in [6.45, 7) is 0. The molecule has 0 aliphatic rings. The van der Waals surface area contributed by atoms with E-state index in [9.17, 15) is 9.59 Å². The van der Waals surface area contributed by atoms with E-state index in [0.717, 1.165) is 5.56 Å². The van der Waals surface area contributed by atoms with E-state index in [2.05, 4.69) is 9.97 Å². The van der Waals surface area contributed by atoms with Crippen LogP contribution in [0.2, 0.25) is 0 Å². The highest BCUT2D eigenvalue weighted by Gasteiger charge is 2.04. The summed E-state index contributed by atoms with van der Waals surface area (Å²) in [6.07, 6.45) is 3.30. The first-order chi connectivity index (χ1) is 9.72. The summed E-state index contributed by atoms with van der Waals surface area (Å²) < 4.78 is 0. The molecule has 4 heteroatoms. The van der Waals surface area contributed by atoms with E-state index in [1.54, 1.807) is 24.3 Å². The fourth-order valence-electron chi connectivity index (χ4n) is 2.02. The van der Waals surface area contributed by atoms with Crippen molar-refractivity contribution in [1.82, 2.24) is 9.97 Å². The Hall–Kier alpha value is -2.88. The molecule has 0 radical (unpaired) electrons. The summed E-state index contributed by atoms with van der Waals surface area (Å²) in [5, 5.41) is 0. The molecule has 3 rings (SSSR count). The van der Waals surface area contributed by atoms with Crippen LogP contribution in [0, 0.1) is 0 Å². The van der Waals surface area contributed by atoms with Crippen molar-refractivity contribution >= 4 is 22.9 Å². The Bertz CT molecular complexity index is 842. The number of rotatable bonds is 3. The molecule has 0 bridgehead atoms. The van der Waals surface area contributed by atoms with E-state index in [1.165, 1.54) is 6.08 Å². The van der Waals surface area contributed by atoms with Crippen LogP contribution in [-0.4, -0.2) is 15.8 Å². The number of ketones is 1. The second-order valence-electron chi connectivity index (χ2n) is 4.45. The van der Waals surface area contributed by atoms with Crippen molar-refractivity contribution < 1.29 is 4.79 Å². The first-order valence-electron chi connectivity index (χ1n) is 6.22. The molecule has 0 fully saturated rings. The third kappa shape index (κ3) is 2.44. The number of fused-ring (bicyclic) bond motifs is 1. The lowest BCUT2D eigenvalue weighted by atomic mass is 10.1. The molecule has 20 heavy (non-hydrogen) atoms. The number of hydrogen-bond donors (Lipinski definition) is 2. The molecule has 0 saturated carbocycles. The van der Waals surface area contributed by atoms with Gasteiger partial charge in [0.2, 0.25) is 0 Å². The van der Waals surface area contributed by atoms with Gasteiger partial charge in [0.1, 0.15) is 0 Å². The Kier molecular flexibility index (Phi) is 3.05. The Morgan fingerprint density at radius 3 is 2.50 bits per heavy atom. The minimum Gasteiger partial charge on any atom is -0.306 e. The van der Waals surface area contributed by atoms with E-state index in [0.29, 0.717) is 16.6 Å². The molecule has 0 unspecified atom stereocenters. The molecular formula is C16H12N2O2. The second kappa shape index (κ2) is 5.01. The largest absolute Gasteiger partial charge is 0.323 e.